The molecule has 4 aromatic rings. The molecule has 2 heterocycles. The van der Waals surface area contributed by atoms with Crippen LogP contribution in [0.3, 0.4) is 0 Å². The Hall–Kier alpha value is -4.68. The standard InChI is InChI=1S/C27H18FN5O2S/c28-18-10-12-19(13-11-18)33-26(35)23(14-17-6-2-1-3-7-17)32-27(33)36-16-24(34)20(15-29)25-30-21-8-4-5-9-22(21)31-25/h1-14,34H,16H2,(H,30,31)/b23-14-,24-20-. The molecule has 0 radical (unpaired) electrons. The average Bonchev–Trinajstić information content (AvgIpc) is 3.45. The largest absolute Gasteiger partial charge is 0.510 e. The Morgan fingerprint density at radius 3 is 2.53 bits per heavy atom. The number of benzene rings is 3. The van der Waals surface area contributed by atoms with Crippen LogP contribution >= 0.6 is 11.8 Å². The predicted molar refractivity (Wildman–Crippen MR) is 139 cm³/mol. The van der Waals surface area contributed by atoms with Gasteiger partial charge in [0.25, 0.3) is 5.91 Å². The van der Waals surface area contributed by atoms with E-state index in [1.54, 1.807) is 12.1 Å². The number of H-pyrrole nitrogens is 1. The SMILES string of the molecule is N#C/C(=C(/O)CSC1=N/C(=C\c2ccccc2)C(=O)N1c1ccc(F)cc1)c1nc2ccccc2[nH]1. The highest BCUT2D eigenvalue weighted by Crippen LogP contribution is 2.31. The zero-order valence-electron chi connectivity index (χ0n) is 18.7. The van der Waals surface area contributed by atoms with Crippen molar-refractivity contribution in [2.75, 3.05) is 10.7 Å². The van der Waals surface area contributed by atoms with E-state index in [-0.39, 0.29) is 34.5 Å². The van der Waals surface area contributed by atoms with Gasteiger partial charge in [0.2, 0.25) is 0 Å². The minimum Gasteiger partial charge on any atom is -0.510 e. The molecule has 0 saturated heterocycles. The molecule has 0 spiro atoms. The zero-order valence-corrected chi connectivity index (χ0v) is 19.5. The van der Waals surface area contributed by atoms with E-state index in [0.717, 1.165) is 22.8 Å². The van der Waals surface area contributed by atoms with Gasteiger partial charge in [0, 0.05) is 0 Å². The minimum absolute atomic E-state index is 0.00277. The molecule has 2 N–H and O–H groups in total. The third-order valence-corrected chi connectivity index (χ3v) is 6.33. The van der Waals surface area contributed by atoms with Crippen LogP contribution in [0.1, 0.15) is 11.4 Å². The first-order valence-electron chi connectivity index (χ1n) is 10.9. The number of aromatic amines is 1. The van der Waals surface area contributed by atoms with Crippen molar-refractivity contribution in [2.24, 2.45) is 4.99 Å². The smallest absolute Gasteiger partial charge is 0.283 e. The number of nitriles is 1. The second kappa shape index (κ2) is 9.90. The summed E-state index contributed by atoms with van der Waals surface area (Å²) in [6.07, 6.45) is 1.66. The normalized spacial score (nSPS) is 15.2. The van der Waals surface area contributed by atoms with Gasteiger partial charge in [-0.05, 0) is 48.0 Å². The molecule has 1 aliphatic rings. The van der Waals surface area contributed by atoms with Gasteiger partial charge in [-0.1, -0.05) is 54.2 Å². The van der Waals surface area contributed by atoms with Crippen molar-refractivity contribution in [1.29, 1.82) is 5.26 Å². The molecule has 0 fully saturated rings. The molecule has 0 saturated carbocycles. The monoisotopic (exact) mass is 495 g/mol. The maximum Gasteiger partial charge on any atom is 0.283 e. The quantitative estimate of drug-likeness (QED) is 0.211. The van der Waals surface area contributed by atoms with E-state index in [1.165, 1.54) is 29.2 Å². The highest BCUT2D eigenvalue weighted by molar-refractivity contribution is 8.14. The lowest BCUT2D eigenvalue weighted by Gasteiger charge is -2.17. The summed E-state index contributed by atoms with van der Waals surface area (Å²) in [4.78, 5) is 26.5. The first kappa shape index (κ1) is 23.1. The van der Waals surface area contributed by atoms with Crippen LogP contribution in [0.2, 0.25) is 0 Å². The molecule has 7 nitrogen and oxygen atoms in total. The fourth-order valence-electron chi connectivity index (χ4n) is 3.65. The van der Waals surface area contributed by atoms with Gasteiger partial charge in [-0.2, -0.15) is 5.26 Å². The number of carbonyl (C=O) groups is 1. The van der Waals surface area contributed by atoms with Gasteiger partial charge < -0.3 is 10.1 Å². The molecule has 0 bridgehead atoms. The van der Waals surface area contributed by atoms with Gasteiger partial charge in [0.15, 0.2) is 11.0 Å². The lowest BCUT2D eigenvalue weighted by molar-refractivity contribution is -0.113. The number of aliphatic imine (C=N–C) groups is 1. The van der Waals surface area contributed by atoms with Gasteiger partial charge in [0.05, 0.1) is 22.5 Å². The number of carbonyl (C=O) groups excluding carboxylic acids is 1. The number of hydrogen-bond acceptors (Lipinski definition) is 6. The van der Waals surface area contributed by atoms with Gasteiger partial charge >= 0.3 is 0 Å². The molecule has 176 valence electrons. The number of imidazole rings is 1. The Balaban J connectivity index is 1.46. The van der Waals surface area contributed by atoms with Crippen molar-refractivity contribution in [3.8, 4) is 6.07 Å². The Bertz CT molecular complexity index is 1550. The number of para-hydroxylation sites is 2. The molecule has 1 aromatic heterocycles. The molecule has 9 heteroatoms. The van der Waals surface area contributed by atoms with Crippen molar-refractivity contribution in [3.05, 3.63) is 108 Å². The number of hydrogen-bond donors (Lipinski definition) is 2. The van der Waals surface area contributed by atoms with E-state index < -0.39 is 5.82 Å². The number of rotatable bonds is 5. The molecule has 5 rings (SSSR count). The number of aliphatic hydroxyl groups is 1. The fourth-order valence-corrected chi connectivity index (χ4v) is 4.54. The number of amides is 1. The molecular formula is C27H18FN5O2S. The molecular weight excluding hydrogens is 477 g/mol. The van der Waals surface area contributed by atoms with Crippen LogP contribution in [-0.2, 0) is 4.79 Å². The second-order valence-electron chi connectivity index (χ2n) is 7.78. The van der Waals surface area contributed by atoms with Gasteiger partial charge in [-0.15, -0.1) is 0 Å². The maximum atomic E-state index is 13.5. The summed E-state index contributed by atoms with van der Waals surface area (Å²) >= 11 is 1.08. The van der Waals surface area contributed by atoms with Gasteiger partial charge in [0.1, 0.15) is 28.9 Å². The summed E-state index contributed by atoms with van der Waals surface area (Å²) in [5, 5.41) is 20.8. The summed E-state index contributed by atoms with van der Waals surface area (Å²) in [6.45, 7) is 0. The molecule has 3 aromatic carbocycles. The number of allylic oxidation sites excluding steroid dienone is 1. The molecule has 0 aliphatic carbocycles. The van der Waals surface area contributed by atoms with Crippen LogP contribution < -0.4 is 4.90 Å². The molecule has 0 atom stereocenters. The number of fused-ring (bicyclic) bond motifs is 1. The third-order valence-electron chi connectivity index (χ3n) is 5.38. The second-order valence-corrected chi connectivity index (χ2v) is 8.72. The number of amidine groups is 1. The number of halogens is 1. The van der Waals surface area contributed by atoms with E-state index in [2.05, 4.69) is 15.0 Å². The Kier molecular flexibility index (Phi) is 6.34. The van der Waals surface area contributed by atoms with E-state index >= 15 is 0 Å². The van der Waals surface area contributed by atoms with Crippen molar-refractivity contribution in [3.63, 3.8) is 0 Å². The van der Waals surface area contributed by atoms with Crippen molar-refractivity contribution >= 4 is 51.2 Å². The number of aliphatic hydroxyl groups excluding tert-OH is 1. The summed E-state index contributed by atoms with van der Waals surface area (Å²) in [6, 6.07) is 24.1. The number of nitrogens with zero attached hydrogens (tertiary/aromatic N) is 4. The summed E-state index contributed by atoms with van der Waals surface area (Å²) in [5.74, 6) is -0.809. The van der Waals surface area contributed by atoms with Crippen molar-refractivity contribution in [1.82, 2.24) is 9.97 Å². The van der Waals surface area contributed by atoms with Crippen LogP contribution in [0.15, 0.2) is 95.3 Å². The summed E-state index contributed by atoms with van der Waals surface area (Å²) in [7, 11) is 0. The van der Waals surface area contributed by atoms with Crippen LogP contribution in [-0.4, -0.2) is 31.9 Å². The highest BCUT2D eigenvalue weighted by atomic mass is 32.2. The molecule has 1 amide bonds. The Morgan fingerprint density at radius 1 is 1.08 bits per heavy atom. The number of anilines is 1. The third kappa shape index (κ3) is 4.62. The predicted octanol–water partition coefficient (Wildman–Crippen LogP) is 5.67. The van der Waals surface area contributed by atoms with Gasteiger partial charge in [-0.3, -0.25) is 9.69 Å². The Morgan fingerprint density at radius 2 is 1.81 bits per heavy atom. The summed E-state index contributed by atoms with van der Waals surface area (Å²) in [5.41, 5.74) is 2.85. The molecule has 36 heavy (non-hydrogen) atoms. The minimum atomic E-state index is -0.429. The van der Waals surface area contributed by atoms with Crippen molar-refractivity contribution < 1.29 is 14.3 Å². The summed E-state index contributed by atoms with van der Waals surface area (Å²) < 4.78 is 13.5. The lowest BCUT2D eigenvalue weighted by Crippen LogP contribution is -2.30. The van der Waals surface area contributed by atoms with Crippen LogP contribution in [0.25, 0.3) is 22.7 Å². The number of nitrogens with one attached hydrogen (secondary N) is 1. The number of thioether (sulfide) groups is 1. The van der Waals surface area contributed by atoms with Gasteiger partial charge in [-0.25, -0.2) is 14.4 Å². The van der Waals surface area contributed by atoms with Crippen LogP contribution in [0.5, 0.6) is 0 Å². The van der Waals surface area contributed by atoms with Crippen LogP contribution in [0, 0.1) is 17.1 Å². The zero-order chi connectivity index (χ0) is 25.1. The first-order chi connectivity index (χ1) is 17.5. The first-order valence-corrected chi connectivity index (χ1v) is 11.9. The topological polar surface area (TPSA) is 105 Å². The van der Waals surface area contributed by atoms with E-state index in [0.29, 0.717) is 16.4 Å². The van der Waals surface area contributed by atoms with E-state index in [4.69, 9.17) is 0 Å². The molecule has 1 aliphatic heterocycles. The van der Waals surface area contributed by atoms with Crippen LogP contribution in [0.4, 0.5) is 10.1 Å². The molecule has 0 unspecified atom stereocenters. The number of aromatic nitrogens is 2. The maximum absolute atomic E-state index is 13.5. The van der Waals surface area contributed by atoms with E-state index in [9.17, 15) is 19.6 Å². The van der Waals surface area contributed by atoms with Crippen molar-refractivity contribution in [2.45, 2.75) is 0 Å². The Labute approximate surface area is 209 Å². The lowest BCUT2D eigenvalue weighted by atomic mass is 10.2. The average molecular weight is 496 g/mol. The van der Waals surface area contributed by atoms with E-state index in [1.807, 2.05) is 54.6 Å². The highest BCUT2D eigenvalue weighted by Gasteiger charge is 2.32. The fraction of sp³-hybridized carbons (Fsp3) is 0.0370.